The fraction of sp³-hybridized carbons (Fsp3) is 0.532. The van der Waals surface area contributed by atoms with Crippen molar-refractivity contribution in [3.05, 3.63) is 119 Å². The second kappa shape index (κ2) is 28.6. The number of nitrogens with one attached hydrogen (secondary N) is 2. The molecular weight excluding hydrogens is 1200 g/mol. The van der Waals surface area contributed by atoms with Gasteiger partial charge in [-0.15, -0.1) is 11.8 Å². The first-order valence-corrected chi connectivity index (χ1v) is 34.1. The maximum absolute atomic E-state index is 14.3. The van der Waals surface area contributed by atoms with Crippen LogP contribution in [0.4, 0.5) is 29.3 Å². The largest absolute Gasteiger partial charge is 0.501 e. The lowest BCUT2D eigenvalue weighted by atomic mass is 9.71. The molecule has 18 nitrogen and oxygen atoms in total. The van der Waals surface area contributed by atoms with E-state index in [1.807, 2.05) is 72.9 Å². The molecule has 1 aliphatic carbocycles. The monoisotopic (exact) mass is 1280 g/mol. The summed E-state index contributed by atoms with van der Waals surface area (Å²) in [6.45, 7) is 21.0. The zero-order valence-corrected chi connectivity index (χ0v) is 53.2. The molecule has 0 spiro atoms. The molecule has 474 valence electrons. The molecule has 4 fully saturated rings. The number of sulfonamides is 1. The number of hydrogen-bond donors (Lipinski definition) is 2. The SMILES string of the molecule is CC1(CN2CCN(C(=O)CN3CCN(C(=O)OC(C)(C)C)CC3)CC2)CCC(c2ccc(Cl)cc2)=C(CN2CCN(c3ccc(C(=O)NS(=O)(=O)c4ccc(N[C@H](CCN5CCOCC5)CSc5ccccc5)c(S(=O)(=O)C(F)(F)F)c4)cc3)CC2)C1. The van der Waals surface area contributed by atoms with Gasteiger partial charge in [-0.2, -0.15) is 13.2 Å². The smallest absolute Gasteiger partial charge is 0.444 e. The van der Waals surface area contributed by atoms with Crippen LogP contribution in [0.1, 0.15) is 69.3 Å². The second-order valence-electron chi connectivity index (χ2n) is 24.5. The van der Waals surface area contributed by atoms with Gasteiger partial charge in [0.2, 0.25) is 5.91 Å². The predicted molar refractivity (Wildman–Crippen MR) is 333 cm³/mol. The summed E-state index contributed by atoms with van der Waals surface area (Å²) in [6.07, 6.45) is 2.96. The summed E-state index contributed by atoms with van der Waals surface area (Å²) in [6, 6.07) is 25.7. The molecule has 0 bridgehead atoms. The summed E-state index contributed by atoms with van der Waals surface area (Å²) in [5.41, 5.74) is -2.03. The van der Waals surface area contributed by atoms with Crippen molar-refractivity contribution in [2.24, 2.45) is 5.41 Å². The number of sulfone groups is 1. The van der Waals surface area contributed by atoms with Crippen LogP contribution in [0.25, 0.3) is 5.57 Å². The van der Waals surface area contributed by atoms with Crippen molar-refractivity contribution >= 4 is 78.1 Å². The number of benzene rings is 4. The number of morpholine rings is 1. The van der Waals surface area contributed by atoms with E-state index < -0.39 is 58.4 Å². The highest BCUT2D eigenvalue weighted by Crippen LogP contribution is 2.44. The third-order valence-electron chi connectivity index (χ3n) is 16.8. The number of carbonyl (C=O) groups excluding carboxylic acids is 3. The molecule has 0 radical (unpaired) electrons. The average molecular weight is 1290 g/mol. The first-order valence-electron chi connectivity index (χ1n) is 29.8. The van der Waals surface area contributed by atoms with Gasteiger partial charge in [0, 0.05) is 144 Å². The fourth-order valence-electron chi connectivity index (χ4n) is 11.9. The average Bonchev–Trinajstić information content (AvgIpc) is 3.46. The molecule has 4 aliphatic heterocycles. The molecule has 87 heavy (non-hydrogen) atoms. The molecular formula is C62H81ClF3N9O9S3. The number of halogens is 4. The number of alkyl halides is 3. The highest BCUT2D eigenvalue weighted by molar-refractivity contribution is 7.99. The first-order chi connectivity index (χ1) is 41.3. The lowest BCUT2D eigenvalue weighted by Crippen LogP contribution is -2.55. The maximum atomic E-state index is 14.3. The lowest BCUT2D eigenvalue weighted by Gasteiger charge is -2.44. The predicted octanol–water partition coefficient (Wildman–Crippen LogP) is 8.51. The van der Waals surface area contributed by atoms with E-state index in [4.69, 9.17) is 21.1 Å². The maximum Gasteiger partial charge on any atom is 0.501 e. The van der Waals surface area contributed by atoms with Gasteiger partial charge in [-0.05, 0) is 130 Å². The number of carbonyl (C=O) groups is 3. The summed E-state index contributed by atoms with van der Waals surface area (Å²) < 4.78 is 110. The molecule has 4 saturated heterocycles. The molecule has 1 unspecified atom stereocenters. The summed E-state index contributed by atoms with van der Waals surface area (Å²) in [5, 5.41) is 3.68. The van der Waals surface area contributed by atoms with Crippen LogP contribution in [-0.2, 0) is 34.1 Å². The number of amides is 3. The standard InChI is InChI=1S/C62H81ClF3N9O9S3/c1-60(2,3)84-59(78)75-34-26-71(27-35-75)43-57(76)74-32-28-72(29-33-74)45-61(4)22-20-54(46-10-14-49(63)15-11-46)48(41-61)42-70-24-30-73(31-25-70)51-16-12-47(13-17-51)58(77)68-87(81,82)53-18-19-55(56(40-53)86(79,80)62(64,65)66)67-50(21-23-69-36-38-83-39-37-69)44-85-52-8-6-5-7-9-52/h5-19,40,50,67H,20-39,41-45H2,1-4H3,(H,68,77)/t50-,61?/m1/s1. The number of piperazine rings is 3. The molecule has 4 aromatic carbocycles. The minimum absolute atomic E-state index is 0.00873. The van der Waals surface area contributed by atoms with E-state index in [-0.39, 0.29) is 23.0 Å². The van der Waals surface area contributed by atoms with Crippen LogP contribution < -0.4 is 14.9 Å². The van der Waals surface area contributed by atoms with E-state index in [0.29, 0.717) is 115 Å². The van der Waals surface area contributed by atoms with Crippen molar-refractivity contribution in [3.8, 4) is 0 Å². The molecule has 2 N–H and O–H groups in total. The van der Waals surface area contributed by atoms with Crippen LogP contribution in [-0.4, -0.2) is 218 Å². The van der Waals surface area contributed by atoms with E-state index in [1.165, 1.54) is 40.6 Å². The topological polar surface area (TPSA) is 185 Å². The Morgan fingerprint density at radius 3 is 2.02 bits per heavy atom. The fourth-order valence-corrected chi connectivity index (χ4v) is 15.1. The number of nitrogens with zero attached hydrogens (tertiary/aromatic N) is 7. The summed E-state index contributed by atoms with van der Waals surface area (Å²) >= 11 is 7.80. The van der Waals surface area contributed by atoms with Crippen LogP contribution >= 0.6 is 23.4 Å². The number of rotatable bonds is 20. The Kier molecular flexibility index (Phi) is 21.7. The Morgan fingerprint density at radius 2 is 1.38 bits per heavy atom. The second-order valence-corrected chi connectivity index (χ2v) is 29.7. The Labute approximate surface area is 519 Å². The van der Waals surface area contributed by atoms with E-state index in [9.17, 15) is 44.4 Å². The molecule has 5 aliphatic rings. The number of hydrogen-bond acceptors (Lipinski definition) is 16. The Balaban J connectivity index is 0.791. The molecule has 9 rings (SSSR count). The third kappa shape index (κ3) is 17.9. The molecule has 2 atom stereocenters. The van der Waals surface area contributed by atoms with Gasteiger partial charge in [-0.1, -0.05) is 54.4 Å². The summed E-state index contributed by atoms with van der Waals surface area (Å²) in [7, 11) is -11.0. The summed E-state index contributed by atoms with van der Waals surface area (Å²) in [5.74, 6) is -0.572. The minimum atomic E-state index is -6.09. The van der Waals surface area contributed by atoms with Crippen LogP contribution in [0.15, 0.2) is 117 Å². The van der Waals surface area contributed by atoms with Crippen molar-refractivity contribution in [1.29, 1.82) is 0 Å². The molecule has 3 amide bonds. The highest BCUT2D eigenvalue weighted by atomic mass is 35.5. The highest BCUT2D eigenvalue weighted by Gasteiger charge is 2.49. The van der Waals surface area contributed by atoms with Crippen molar-refractivity contribution in [2.75, 3.05) is 147 Å². The molecule has 4 aromatic rings. The van der Waals surface area contributed by atoms with Gasteiger partial charge in [0.25, 0.3) is 25.8 Å². The normalized spacial score (nSPS) is 20.5. The first kappa shape index (κ1) is 66.0. The molecule has 25 heteroatoms. The lowest BCUT2D eigenvalue weighted by molar-refractivity contribution is -0.134. The van der Waals surface area contributed by atoms with Gasteiger partial charge in [0.15, 0.2) is 0 Å². The summed E-state index contributed by atoms with van der Waals surface area (Å²) in [4.78, 5) is 53.5. The zero-order chi connectivity index (χ0) is 62.2. The minimum Gasteiger partial charge on any atom is -0.444 e. The zero-order valence-electron chi connectivity index (χ0n) is 50.0. The Bertz CT molecular complexity index is 3280. The van der Waals surface area contributed by atoms with Crippen molar-refractivity contribution in [3.63, 3.8) is 0 Å². The van der Waals surface area contributed by atoms with Crippen molar-refractivity contribution < 1.29 is 53.9 Å². The van der Waals surface area contributed by atoms with E-state index in [1.54, 1.807) is 17.0 Å². The van der Waals surface area contributed by atoms with E-state index in [0.717, 1.165) is 81.2 Å². The number of ether oxygens (including phenoxy) is 2. The van der Waals surface area contributed by atoms with Crippen molar-refractivity contribution in [1.82, 2.24) is 34.1 Å². The molecule has 0 saturated carbocycles. The molecule has 0 aromatic heterocycles. The van der Waals surface area contributed by atoms with Crippen LogP contribution in [0.3, 0.4) is 0 Å². The van der Waals surface area contributed by atoms with Gasteiger partial charge >= 0.3 is 11.6 Å². The van der Waals surface area contributed by atoms with Gasteiger partial charge < -0.3 is 29.5 Å². The number of anilines is 2. The molecule has 4 heterocycles. The van der Waals surface area contributed by atoms with Crippen LogP contribution in [0.2, 0.25) is 5.02 Å². The Hall–Kier alpha value is -5.44. The Morgan fingerprint density at radius 1 is 0.747 bits per heavy atom. The van der Waals surface area contributed by atoms with Crippen molar-refractivity contribution in [2.45, 2.75) is 85.2 Å². The number of allylic oxidation sites excluding steroid dienone is 1. The van der Waals surface area contributed by atoms with Gasteiger partial charge in [0.1, 0.15) is 10.5 Å². The number of thioether (sulfide) groups is 1. The quantitative estimate of drug-likeness (QED) is 0.0802. The third-order valence-corrected chi connectivity index (χ3v) is 21.1. The van der Waals surface area contributed by atoms with Gasteiger partial charge in [-0.25, -0.2) is 26.4 Å². The van der Waals surface area contributed by atoms with Gasteiger partial charge in [-0.3, -0.25) is 29.2 Å². The van der Waals surface area contributed by atoms with Crippen LogP contribution in [0.5, 0.6) is 0 Å². The van der Waals surface area contributed by atoms with Gasteiger partial charge in [0.05, 0.1) is 30.3 Å². The van der Waals surface area contributed by atoms with E-state index in [2.05, 4.69) is 48.9 Å². The van der Waals surface area contributed by atoms with E-state index >= 15 is 0 Å². The van der Waals surface area contributed by atoms with Crippen LogP contribution in [0, 0.1) is 5.41 Å².